The van der Waals surface area contributed by atoms with E-state index in [1.165, 1.54) is 7.11 Å². The second kappa shape index (κ2) is 8.70. The Balaban J connectivity index is 2.33. The lowest BCUT2D eigenvalue weighted by Gasteiger charge is -2.16. The molecule has 1 heterocycles. The molecule has 144 valence electrons. The lowest BCUT2D eigenvalue weighted by Crippen LogP contribution is -2.22. The van der Waals surface area contributed by atoms with Gasteiger partial charge in [0.15, 0.2) is 0 Å². The maximum absolute atomic E-state index is 13.6. The molecule has 7 heteroatoms. The van der Waals surface area contributed by atoms with Crippen LogP contribution in [0, 0.1) is 13.8 Å². The smallest absolute Gasteiger partial charge is 0.419 e. The van der Waals surface area contributed by atoms with E-state index in [4.69, 9.17) is 4.74 Å². The number of aryl methyl sites for hydroxylation is 2. The average Bonchev–Trinajstić information content (AvgIpc) is 2.61. The molecule has 0 saturated heterocycles. The van der Waals surface area contributed by atoms with Gasteiger partial charge in [0, 0.05) is 11.9 Å². The molecular weight excluding hydrogens is 355 g/mol. The third kappa shape index (κ3) is 5.84. The first kappa shape index (κ1) is 20.5. The maximum atomic E-state index is 13.6. The van der Waals surface area contributed by atoms with Crippen molar-refractivity contribution in [2.24, 2.45) is 4.99 Å². The summed E-state index contributed by atoms with van der Waals surface area (Å²) in [7, 11) is 1.17. The molecule has 0 radical (unpaired) electrons. The Morgan fingerprint density at radius 3 is 2.22 bits per heavy atom. The van der Waals surface area contributed by atoms with E-state index in [1.807, 2.05) is 32.0 Å². The van der Waals surface area contributed by atoms with Crippen LogP contribution in [0.15, 0.2) is 59.0 Å². The number of pyridine rings is 1. The van der Waals surface area contributed by atoms with E-state index >= 15 is 0 Å². The third-order valence-corrected chi connectivity index (χ3v) is 3.87. The topological polar surface area (TPSA) is 46.5 Å². The number of anilines is 1. The molecule has 1 aromatic carbocycles. The van der Waals surface area contributed by atoms with Crippen LogP contribution in [0.2, 0.25) is 0 Å². The number of alkyl halides is 3. The minimum atomic E-state index is -4.59. The second-order valence-electron chi connectivity index (χ2n) is 6.12. The van der Waals surface area contributed by atoms with Crippen LogP contribution >= 0.6 is 0 Å². The minimum Gasteiger partial charge on any atom is -0.481 e. The first-order chi connectivity index (χ1) is 12.7. The predicted molar refractivity (Wildman–Crippen MR) is 101 cm³/mol. The number of aliphatic imine (C=N–C) groups is 1. The number of nitrogens with one attached hydrogen (secondary N) is 1. The molecule has 1 N–H and O–H groups in total. The van der Waals surface area contributed by atoms with Crippen molar-refractivity contribution in [3.05, 3.63) is 70.9 Å². The largest absolute Gasteiger partial charge is 0.481 e. The van der Waals surface area contributed by atoms with Gasteiger partial charge in [0.2, 0.25) is 5.88 Å². The normalized spacial score (nSPS) is 13.2. The van der Waals surface area contributed by atoms with Gasteiger partial charge in [-0.3, -0.25) is 4.98 Å². The molecule has 1 aromatic heterocycles. The lowest BCUT2D eigenvalue weighted by molar-refractivity contribution is -0.0951. The molecule has 2 rings (SSSR count). The van der Waals surface area contributed by atoms with Crippen LogP contribution in [0.25, 0.3) is 0 Å². The molecule has 0 aliphatic heterocycles. The Labute approximate surface area is 156 Å². The van der Waals surface area contributed by atoms with E-state index in [0.29, 0.717) is 17.1 Å². The fraction of sp³-hybridized carbons (Fsp3) is 0.300. The number of aromatic nitrogens is 1. The Morgan fingerprint density at radius 1 is 1.07 bits per heavy atom. The van der Waals surface area contributed by atoms with Crippen LogP contribution in [0.1, 0.15) is 23.7 Å². The van der Waals surface area contributed by atoms with E-state index in [0.717, 1.165) is 11.1 Å². The summed E-state index contributed by atoms with van der Waals surface area (Å²) >= 11 is 0. The van der Waals surface area contributed by atoms with E-state index in [9.17, 15) is 13.2 Å². The molecule has 0 atom stereocenters. The summed E-state index contributed by atoms with van der Waals surface area (Å²) in [5.41, 5.74) is 2.49. The molecular formula is C20H22F3N3O. The summed E-state index contributed by atoms with van der Waals surface area (Å²) in [4.78, 5) is 8.22. The summed E-state index contributed by atoms with van der Waals surface area (Å²) in [5.74, 6) is -0.484. The van der Waals surface area contributed by atoms with Gasteiger partial charge in [-0.05, 0) is 44.5 Å². The zero-order valence-electron chi connectivity index (χ0n) is 15.7. The molecule has 0 aliphatic rings. The minimum absolute atomic E-state index is 0.337. The Hall–Kier alpha value is -2.83. The van der Waals surface area contributed by atoms with E-state index in [1.54, 1.807) is 31.3 Å². The molecule has 0 fully saturated rings. The van der Waals surface area contributed by atoms with E-state index in [2.05, 4.69) is 15.3 Å². The van der Waals surface area contributed by atoms with Gasteiger partial charge in [0.1, 0.15) is 5.57 Å². The summed E-state index contributed by atoms with van der Waals surface area (Å²) in [6.45, 7) is 4.92. The van der Waals surface area contributed by atoms with Crippen LogP contribution in [0.5, 0.6) is 0 Å². The molecule has 4 nitrogen and oxygen atoms in total. The van der Waals surface area contributed by atoms with Crippen molar-refractivity contribution in [2.45, 2.75) is 26.9 Å². The van der Waals surface area contributed by atoms with Crippen molar-refractivity contribution in [3.63, 3.8) is 0 Å². The molecule has 2 aromatic rings. The number of halogens is 3. The van der Waals surface area contributed by atoms with Crippen molar-refractivity contribution in [1.82, 2.24) is 4.98 Å². The van der Waals surface area contributed by atoms with Gasteiger partial charge < -0.3 is 10.1 Å². The summed E-state index contributed by atoms with van der Waals surface area (Å²) in [5, 5.41) is 2.77. The quantitative estimate of drug-likeness (QED) is 0.567. The number of rotatable bonds is 6. The Kier molecular flexibility index (Phi) is 6.60. The standard InChI is InChI=1S/C20H22F3N3O/c1-13-5-8-16(9-6-13)24-12-17(20(21,22)23)19(27-4)26-15(3)18-10-7-14(2)11-25-18/h5-11,24H,12H2,1-4H3/b19-17-,26-15+. The van der Waals surface area contributed by atoms with Crippen LogP contribution in [0.3, 0.4) is 0 Å². The van der Waals surface area contributed by atoms with Gasteiger partial charge in [-0.1, -0.05) is 23.8 Å². The number of ether oxygens (including phenoxy) is 1. The van der Waals surface area contributed by atoms with E-state index < -0.39 is 24.2 Å². The number of hydrogen-bond acceptors (Lipinski definition) is 4. The molecule has 0 spiro atoms. The SMILES string of the molecule is COC(/N=C(\C)c1ccc(C)cn1)=C(/CNc1ccc(C)cc1)C(F)(F)F. The highest BCUT2D eigenvalue weighted by Gasteiger charge is 2.37. The van der Waals surface area contributed by atoms with Crippen LogP contribution in [-0.2, 0) is 4.74 Å². The third-order valence-electron chi connectivity index (χ3n) is 3.87. The van der Waals surface area contributed by atoms with Gasteiger partial charge >= 0.3 is 6.18 Å². The first-order valence-electron chi connectivity index (χ1n) is 8.34. The lowest BCUT2D eigenvalue weighted by atomic mass is 10.2. The molecule has 0 bridgehead atoms. The number of benzene rings is 1. The monoisotopic (exact) mass is 377 g/mol. The van der Waals surface area contributed by atoms with Gasteiger partial charge in [-0.15, -0.1) is 0 Å². The summed E-state index contributed by atoms with van der Waals surface area (Å²) in [6, 6.07) is 10.6. The summed E-state index contributed by atoms with van der Waals surface area (Å²) in [6.07, 6.45) is -2.96. The first-order valence-corrected chi connectivity index (χ1v) is 8.34. The van der Waals surface area contributed by atoms with Crippen molar-refractivity contribution in [3.8, 4) is 0 Å². The molecule has 0 amide bonds. The Bertz CT molecular complexity index is 823. The fourth-order valence-corrected chi connectivity index (χ4v) is 2.29. The predicted octanol–water partition coefficient (Wildman–Crippen LogP) is 5.04. The second-order valence-corrected chi connectivity index (χ2v) is 6.12. The zero-order chi connectivity index (χ0) is 20.0. The van der Waals surface area contributed by atoms with Crippen LogP contribution in [0.4, 0.5) is 18.9 Å². The molecule has 27 heavy (non-hydrogen) atoms. The highest BCUT2D eigenvalue weighted by molar-refractivity contribution is 5.97. The van der Waals surface area contributed by atoms with Crippen molar-refractivity contribution in [1.29, 1.82) is 0 Å². The van der Waals surface area contributed by atoms with Gasteiger partial charge in [-0.2, -0.15) is 13.2 Å². The Morgan fingerprint density at radius 2 is 1.70 bits per heavy atom. The average molecular weight is 377 g/mol. The van der Waals surface area contributed by atoms with Crippen molar-refractivity contribution >= 4 is 11.4 Å². The number of nitrogens with zero attached hydrogens (tertiary/aromatic N) is 2. The summed E-state index contributed by atoms with van der Waals surface area (Å²) < 4.78 is 45.7. The molecule has 0 saturated carbocycles. The zero-order valence-corrected chi connectivity index (χ0v) is 15.7. The van der Waals surface area contributed by atoms with Gasteiger partial charge in [0.05, 0.1) is 25.1 Å². The molecule has 0 aliphatic carbocycles. The van der Waals surface area contributed by atoms with Crippen LogP contribution < -0.4 is 5.32 Å². The van der Waals surface area contributed by atoms with Gasteiger partial charge in [0.25, 0.3) is 0 Å². The highest BCUT2D eigenvalue weighted by atomic mass is 19.4. The number of hydrogen-bond donors (Lipinski definition) is 1. The van der Waals surface area contributed by atoms with Crippen molar-refractivity contribution in [2.75, 3.05) is 19.0 Å². The van der Waals surface area contributed by atoms with Crippen molar-refractivity contribution < 1.29 is 17.9 Å². The van der Waals surface area contributed by atoms with Gasteiger partial charge in [-0.25, -0.2) is 4.99 Å². The fourth-order valence-electron chi connectivity index (χ4n) is 2.29. The maximum Gasteiger partial charge on any atom is 0.419 e. The number of methoxy groups -OCH3 is 1. The van der Waals surface area contributed by atoms with Crippen LogP contribution in [-0.4, -0.2) is 30.5 Å². The molecule has 0 unspecified atom stereocenters. The van der Waals surface area contributed by atoms with E-state index in [-0.39, 0.29) is 0 Å². The highest BCUT2D eigenvalue weighted by Crippen LogP contribution is 2.30.